The number of hydrogen-bond acceptors (Lipinski definition) is 3. The summed E-state index contributed by atoms with van der Waals surface area (Å²) in [6, 6.07) is 13.1. The molecule has 0 bridgehead atoms. The van der Waals surface area contributed by atoms with Crippen molar-refractivity contribution in [1.29, 1.82) is 0 Å². The minimum Gasteiger partial charge on any atom is -0.435 e. The lowest BCUT2D eigenvalue weighted by Gasteiger charge is -2.19. The molecule has 25 heavy (non-hydrogen) atoms. The van der Waals surface area contributed by atoms with Gasteiger partial charge in [-0.05, 0) is 35.7 Å². The maximum absolute atomic E-state index is 12.3. The van der Waals surface area contributed by atoms with E-state index in [1.807, 2.05) is 24.3 Å². The quantitative estimate of drug-likeness (QED) is 0.691. The first kappa shape index (κ1) is 19.3. The summed E-state index contributed by atoms with van der Waals surface area (Å²) in [6.07, 6.45) is 0.483. The standard InChI is InChI=1S/C18H18BrF2NO3/c19-15-4-2-1-3-14(15)16(9-10-23)22-17(24)11-12-5-7-13(8-6-12)25-18(20)21/h1-8,16,18,23H,9-11H2,(H,22,24)/t16-/m0/s1. The Balaban J connectivity index is 2.00. The lowest BCUT2D eigenvalue weighted by Crippen LogP contribution is -2.30. The summed E-state index contributed by atoms with van der Waals surface area (Å²) in [6.45, 7) is -2.94. The topological polar surface area (TPSA) is 58.6 Å². The van der Waals surface area contributed by atoms with Crippen LogP contribution >= 0.6 is 15.9 Å². The number of aliphatic hydroxyl groups excluding tert-OH is 1. The van der Waals surface area contributed by atoms with Crippen LogP contribution < -0.4 is 10.1 Å². The highest BCUT2D eigenvalue weighted by Gasteiger charge is 2.16. The Bertz CT molecular complexity index is 695. The second-order valence-corrected chi connectivity index (χ2v) is 6.21. The predicted octanol–water partition coefficient (Wildman–Crippen LogP) is 3.83. The molecule has 1 atom stereocenters. The van der Waals surface area contributed by atoms with Gasteiger partial charge in [0.1, 0.15) is 5.75 Å². The highest BCUT2D eigenvalue weighted by atomic mass is 79.9. The highest BCUT2D eigenvalue weighted by molar-refractivity contribution is 9.10. The summed E-state index contributed by atoms with van der Waals surface area (Å²) in [5, 5.41) is 12.1. The van der Waals surface area contributed by atoms with Gasteiger partial charge in [-0.2, -0.15) is 8.78 Å². The molecule has 4 nitrogen and oxygen atoms in total. The van der Waals surface area contributed by atoms with Crippen LogP contribution in [0.4, 0.5) is 8.78 Å². The number of carbonyl (C=O) groups excluding carboxylic acids is 1. The zero-order valence-corrected chi connectivity index (χ0v) is 14.9. The van der Waals surface area contributed by atoms with E-state index in [0.717, 1.165) is 10.0 Å². The summed E-state index contributed by atoms with van der Waals surface area (Å²) in [7, 11) is 0. The van der Waals surface area contributed by atoms with Crippen molar-refractivity contribution < 1.29 is 23.4 Å². The fourth-order valence-corrected chi connectivity index (χ4v) is 2.97. The molecule has 0 aliphatic carbocycles. The van der Waals surface area contributed by atoms with E-state index in [-0.39, 0.29) is 30.7 Å². The number of alkyl halides is 2. The Kier molecular flexibility index (Phi) is 7.33. The smallest absolute Gasteiger partial charge is 0.387 e. The van der Waals surface area contributed by atoms with E-state index in [4.69, 9.17) is 0 Å². The second kappa shape index (κ2) is 9.48. The Labute approximate surface area is 152 Å². The summed E-state index contributed by atoms with van der Waals surface area (Å²) in [4.78, 5) is 12.3. The van der Waals surface area contributed by atoms with E-state index in [0.29, 0.717) is 12.0 Å². The molecule has 0 saturated carbocycles. The van der Waals surface area contributed by atoms with Gasteiger partial charge in [0.2, 0.25) is 5.91 Å². The first-order valence-electron chi connectivity index (χ1n) is 7.68. The third kappa shape index (κ3) is 6.10. The molecule has 2 aromatic carbocycles. The number of carbonyl (C=O) groups is 1. The van der Waals surface area contributed by atoms with Crippen molar-refractivity contribution >= 4 is 21.8 Å². The molecule has 0 fully saturated rings. The molecule has 0 aliphatic rings. The average Bonchev–Trinajstić information content (AvgIpc) is 2.56. The van der Waals surface area contributed by atoms with Crippen LogP contribution in [0, 0.1) is 0 Å². The summed E-state index contributed by atoms with van der Waals surface area (Å²) >= 11 is 3.44. The van der Waals surface area contributed by atoms with Gasteiger partial charge in [0.25, 0.3) is 0 Å². The zero-order chi connectivity index (χ0) is 18.2. The first-order chi connectivity index (χ1) is 12.0. The molecule has 0 radical (unpaired) electrons. The van der Waals surface area contributed by atoms with Gasteiger partial charge in [-0.1, -0.05) is 46.3 Å². The third-order valence-corrected chi connectivity index (χ3v) is 4.27. The molecular formula is C18H18BrF2NO3. The molecular weight excluding hydrogens is 396 g/mol. The largest absolute Gasteiger partial charge is 0.435 e. The van der Waals surface area contributed by atoms with Gasteiger partial charge in [0.05, 0.1) is 12.5 Å². The van der Waals surface area contributed by atoms with Crippen LogP contribution in [-0.4, -0.2) is 24.2 Å². The second-order valence-electron chi connectivity index (χ2n) is 5.35. The van der Waals surface area contributed by atoms with Crippen LogP contribution in [0.25, 0.3) is 0 Å². The van der Waals surface area contributed by atoms with Crippen molar-refractivity contribution in [1.82, 2.24) is 5.32 Å². The number of halogens is 3. The van der Waals surface area contributed by atoms with Crippen molar-refractivity contribution in [2.24, 2.45) is 0 Å². The Hall–Kier alpha value is -1.99. The van der Waals surface area contributed by atoms with Gasteiger partial charge in [-0.25, -0.2) is 0 Å². The average molecular weight is 414 g/mol. The maximum atomic E-state index is 12.3. The van der Waals surface area contributed by atoms with Crippen molar-refractivity contribution in [2.45, 2.75) is 25.5 Å². The molecule has 0 aromatic heterocycles. The third-order valence-electron chi connectivity index (χ3n) is 3.55. The Morgan fingerprint density at radius 2 is 1.84 bits per heavy atom. The van der Waals surface area contributed by atoms with Crippen LogP contribution in [-0.2, 0) is 11.2 Å². The van der Waals surface area contributed by atoms with Crippen LogP contribution in [0.3, 0.4) is 0 Å². The molecule has 0 unspecified atom stereocenters. The van der Waals surface area contributed by atoms with Crippen LogP contribution in [0.5, 0.6) is 5.75 Å². The highest BCUT2D eigenvalue weighted by Crippen LogP contribution is 2.25. The number of benzene rings is 2. The summed E-state index contributed by atoms with van der Waals surface area (Å²) in [5.74, 6) is -0.178. The minimum atomic E-state index is -2.88. The van der Waals surface area contributed by atoms with Crippen LogP contribution in [0.15, 0.2) is 53.0 Å². The lowest BCUT2D eigenvalue weighted by atomic mass is 10.0. The number of nitrogens with one attached hydrogen (secondary N) is 1. The number of rotatable bonds is 8. The van der Waals surface area contributed by atoms with E-state index in [1.54, 1.807) is 12.1 Å². The van der Waals surface area contributed by atoms with Crippen LogP contribution in [0.1, 0.15) is 23.6 Å². The molecule has 0 saturated heterocycles. The van der Waals surface area contributed by atoms with E-state index in [1.165, 1.54) is 12.1 Å². The minimum absolute atomic E-state index is 0.0468. The Morgan fingerprint density at radius 3 is 2.44 bits per heavy atom. The van der Waals surface area contributed by atoms with Crippen molar-refractivity contribution in [2.75, 3.05) is 6.61 Å². The number of hydrogen-bond donors (Lipinski definition) is 2. The van der Waals surface area contributed by atoms with Gasteiger partial charge >= 0.3 is 6.61 Å². The number of amides is 1. The van der Waals surface area contributed by atoms with Gasteiger partial charge in [0.15, 0.2) is 0 Å². The molecule has 2 rings (SSSR count). The van der Waals surface area contributed by atoms with E-state index in [2.05, 4.69) is 26.0 Å². The van der Waals surface area contributed by atoms with Crippen molar-refractivity contribution in [3.8, 4) is 5.75 Å². The van der Waals surface area contributed by atoms with E-state index in [9.17, 15) is 18.7 Å². The van der Waals surface area contributed by atoms with Gasteiger partial charge in [0, 0.05) is 11.1 Å². The summed E-state index contributed by atoms with van der Waals surface area (Å²) in [5.41, 5.74) is 1.56. The fourth-order valence-electron chi connectivity index (χ4n) is 2.41. The molecule has 0 aliphatic heterocycles. The van der Waals surface area contributed by atoms with Crippen molar-refractivity contribution in [3.05, 3.63) is 64.1 Å². The molecule has 7 heteroatoms. The Morgan fingerprint density at radius 1 is 1.16 bits per heavy atom. The number of aliphatic hydroxyl groups is 1. The van der Waals surface area contributed by atoms with Gasteiger partial charge < -0.3 is 15.2 Å². The van der Waals surface area contributed by atoms with Gasteiger partial charge in [-0.15, -0.1) is 0 Å². The van der Waals surface area contributed by atoms with E-state index < -0.39 is 6.61 Å². The molecule has 0 heterocycles. The maximum Gasteiger partial charge on any atom is 0.387 e. The first-order valence-corrected chi connectivity index (χ1v) is 8.47. The number of ether oxygens (including phenoxy) is 1. The van der Waals surface area contributed by atoms with Crippen molar-refractivity contribution in [3.63, 3.8) is 0 Å². The fraction of sp³-hybridized carbons (Fsp3) is 0.278. The molecule has 2 aromatic rings. The lowest BCUT2D eigenvalue weighted by molar-refractivity contribution is -0.121. The SMILES string of the molecule is O=C(Cc1ccc(OC(F)F)cc1)N[C@@H](CCO)c1ccccc1Br. The normalized spacial score (nSPS) is 12.0. The van der Waals surface area contributed by atoms with Crippen LogP contribution in [0.2, 0.25) is 0 Å². The van der Waals surface area contributed by atoms with Gasteiger partial charge in [-0.3, -0.25) is 4.79 Å². The molecule has 2 N–H and O–H groups in total. The molecule has 0 spiro atoms. The zero-order valence-electron chi connectivity index (χ0n) is 13.3. The molecule has 1 amide bonds. The van der Waals surface area contributed by atoms with E-state index >= 15 is 0 Å². The monoisotopic (exact) mass is 413 g/mol. The molecule has 134 valence electrons. The summed E-state index contributed by atoms with van der Waals surface area (Å²) < 4.78 is 29.4. The predicted molar refractivity (Wildman–Crippen MR) is 93.5 cm³/mol.